The summed E-state index contributed by atoms with van der Waals surface area (Å²) in [5, 5.41) is 0. The molecule has 1 aromatic carbocycles. The van der Waals surface area contributed by atoms with Crippen molar-refractivity contribution in [3.05, 3.63) is 35.9 Å². The predicted molar refractivity (Wildman–Crippen MR) is 63.5 cm³/mol. The molecule has 2 aliphatic heterocycles. The first-order valence-corrected chi connectivity index (χ1v) is 6.17. The minimum absolute atomic E-state index is 0.0960. The highest BCUT2D eigenvalue weighted by molar-refractivity contribution is 5.16. The normalized spacial score (nSPS) is 34.8. The molecule has 3 heteroatoms. The molecule has 92 valence electrons. The lowest BCUT2D eigenvalue weighted by molar-refractivity contribution is -0.204. The van der Waals surface area contributed by atoms with E-state index in [1.807, 2.05) is 19.9 Å². The van der Waals surface area contributed by atoms with Gasteiger partial charge < -0.3 is 14.2 Å². The average molecular weight is 234 g/mol. The maximum atomic E-state index is 5.88. The van der Waals surface area contributed by atoms with Crippen LogP contribution < -0.4 is 0 Å². The zero-order valence-electron chi connectivity index (χ0n) is 10.3. The van der Waals surface area contributed by atoms with Crippen molar-refractivity contribution in [2.45, 2.75) is 51.0 Å². The van der Waals surface area contributed by atoms with Crippen molar-refractivity contribution < 1.29 is 14.2 Å². The Balaban J connectivity index is 1.60. The second-order valence-electron chi connectivity index (χ2n) is 5.23. The Morgan fingerprint density at radius 2 is 1.94 bits per heavy atom. The molecule has 0 unspecified atom stereocenters. The van der Waals surface area contributed by atoms with Crippen LogP contribution in [0.2, 0.25) is 0 Å². The molecule has 0 saturated carbocycles. The third-order valence-electron chi connectivity index (χ3n) is 3.27. The van der Waals surface area contributed by atoms with Crippen molar-refractivity contribution in [1.82, 2.24) is 0 Å². The van der Waals surface area contributed by atoms with E-state index in [0.717, 1.165) is 12.8 Å². The van der Waals surface area contributed by atoms with Gasteiger partial charge in [0.1, 0.15) is 6.10 Å². The van der Waals surface area contributed by atoms with Gasteiger partial charge in [0.15, 0.2) is 12.1 Å². The van der Waals surface area contributed by atoms with Gasteiger partial charge in [-0.15, -0.1) is 0 Å². The van der Waals surface area contributed by atoms with E-state index >= 15 is 0 Å². The third-order valence-corrected chi connectivity index (χ3v) is 3.27. The lowest BCUT2D eigenvalue weighted by Gasteiger charge is -2.20. The molecule has 0 bridgehead atoms. The maximum absolute atomic E-state index is 5.88. The second-order valence-corrected chi connectivity index (χ2v) is 5.23. The third kappa shape index (κ3) is 2.37. The summed E-state index contributed by atoms with van der Waals surface area (Å²) < 4.78 is 17.4. The Morgan fingerprint density at radius 3 is 2.65 bits per heavy atom. The van der Waals surface area contributed by atoms with E-state index in [1.54, 1.807) is 0 Å². The molecule has 0 amide bonds. The van der Waals surface area contributed by atoms with Gasteiger partial charge in [-0.3, -0.25) is 0 Å². The summed E-state index contributed by atoms with van der Waals surface area (Å²) in [5.41, 5.74) is 1.30. The van der Waals surface area contributed by atoms with Crippen molar-refractivity contribution in [1.29, 1.82) is 0 Å². The number of rotatable bonds is 2. The molecule has 0 aromatic heterocycles. The number of hydrogen-bond acceptors (Lipinski definition) is 3. The number of benzene rings is 1. The van der Waals surface area contributed by atoms with Gasteiger partial charge in [0.2, 0.25) is 0 Å². The number of hydrogen-bond donors (Lipinski definition) is 0. The fourth-order valence-corrected chi connectivity index (χ4v) is 2.59. The first-order chi connectivity index (χ1) is 8.12. The highest BCUT2D eigenvalue weighted by Gasteiger charge is 2.48. The molecule has 2 heterocycles. The SMILES string of the molecule is CC1(C)O[C@H]2O[C@H](Cc3ccccc3)C[C@H]2O1. The Kier molecular flexibility index (Phi) is 2.69. The number of fused-ring (bicyclic) bond motifs is 1. The molecular weight excluding hydrogens is 216 g/mol. The van der Waals surface area contributed by atoms with E-state index in [1.165, 1.54) is 5.56 Å². The minimum Gasteiger partial charge on any atom is -0.346 e. The zero-order chi connectivity index (χ0) is 11.9. The Labute approximate surface area is 102 Å². The summed E-state index contributed by atoms with van der Waals surface area (Å²) in [5.74, 6) is -0.493. The first-order valence-electron chi connectivity index (χ1n) is 6.17. The Hall–Kier alpha value is -0.900. The van der Waals surface area contributed by atoms with Crippen molar-refractivity contribution in [2.75, 3.05) is 0 Å². The van der Waals surface area contributed by atoms with Gasteiger partial charge in [0.05, 0.1) is 6.10 Å². The van der Waals surface area contributed by atoms with Gasteiger partial charge >= 0.3 is 0 Å². The summed E-state index contributed by atoms with van der Waals surface area (Å²) in [7, 11) is 0. The summed E-state index contributed by atoms with van der Waals surface area (Å²) in [6.45, 7) is 3.86. The van der Waals surface area contributed by atoms with Crippen LogP contribution in [0.1, 0.15) is 25.8 Å². The standard InChI is InChI=1S/C14H18O3/c1-14(2)16-12-9-11(15-13(12)17-14)8-10-6-4-3-5-7-10/h3-7,11-13H,8-9H2,1-2H3/t11-,12-,13-/m1/s1. The highest BCUT2D eigenvalue weighted by Crippen LogP contribution is 2.37. The smallest absolute Gasteiger partial charge is 0.187 e. The van der Waals surface area contributed by atoms with E-state index in [9.17, 15) is 0 Å². The highest BCUT2D eigenvalue weighted by atomic mass is 16.8. The largest absolute Gasteiger partial charge is 0.346 e. The van der Waals surface area contributed by atoms with Crippen molar-refractivity contribution in [2.24, 2.45) is 0 Å². The van der Waals surface area contributed by atoms with Crippen LogP contribution in [0.25, 0.3) is 0 Å². The van der Waals surface area contributed by atoms with Crippen molar-refractivity contribution >= 4 is 0 Å². The van der Waals surface area contributed by atoms with Crippen LogP contribution in [-0.4, -0.2) is 24.3 Å². The molecule has 0 N–H and O–H groups in total. The van der Waals surface area contributed by atoms with Crippen LogP contribution in [0.3, 0.4) is 0 Å². The molecule has 2 aliphatic rings. The molecule has 3 nitrogen and oxygen atoms in total. The van der Waals surface area contributed by atoms with Gasteiger partial charge in [-0.05, 0) is 25.8 Å². The topological polar surface area (TPSA) is 27.7 Å². The molecular formula is C14H18O3. The van der Waals surface area contributed by atoms with Crippen LogP contribution in [0.5, 0.6) is 0 Å². The van der Waals surface area contributed by atoms with Gasteiger partial charge in [0.25, 0.3) is 0 Å². The van der Waals surface area contributed by atoms with E-state index in [0.29, 0.717) is 0 Å². The first kappa shape index (κ1) is 11.2. The summed E-state index contributed by atoms with van der Waals surface area (Å²) >= 11 is 0. The minimum atomic E-state index is -0.493. The lowest BCUT2D eigenvalue weighted by atomic mass is 10.1. The van der Waals surface area contributed by atoms with Gasteiger partial charge in [-0.25, -0.2) is 0 Å². The number of ether oxygens (including phenoxy) is 3. The molecule has 2 saturated heterocycles. The van der Waals surface area contributed by atoms with E-state index < -0.39 is 5.79 Å². The summed E-state index contributed by atoms with van der Waals surface area (Å²) in [6, 6.07) is 10.4. The lowest BCUT2D eigenvalue weighted by Crippen LogP contribution is -2.25. The molecule has 3 rings (SSSR count). The van der Waals surface area contributed by atoms with Crippen LogP contribution in [0.15, 0.2) is 30.3 Å². The molecule has 17 heavy (non-hydrogen) atoms. The molecule has 0 spiro atoms. The fourth-order valence-electron chi connectivity index (χ4n) is 2.59. The zero-order valence-corrected chi connectivity index (χ0v) is 10.3. The van der Waals surface area contributed by atoms with E-state index in [-0.39, 0.29) is 18.5 Å². The van der Waals surface area contributed by atoms with Crippen LogP contribution in [0, 0.1) is 0 Å². The monoisotopic (exact) mass is 234 g/mol. The Bertz CT molecular complexity index is 372. The molecule has 1 aromatic rings. The van der Waals surface area contributed by atoms with Crippen LogP contribution in [0.4, 0.5) is 0 Å². The van der Waals surface area contributed by atoms with Gasteiger partial charge in [-0.2, -0.15) is 0 Å². The second kappa shape index (κ2) is 4.09. The van der Waals surface area contributed by atoms with Crippen molar-refractivity contribution in [3.8, 4) is 0 Å². The average Bonchev–Trinajstić information content (AvgIpc) is 2.72. The van der Waals surface area contributed by atoms with E-state index in [4.69, 9.17) is 14.2 Å². The molecule has 0 radical (unpaired) electrons. The molecule has 0 aliphatic carbocycles. The molecule has 2 fully saturated rings. The quantitative estimate of drug-likeness (QED) is 0.787. The summed E-state index contributed by atoms with van der Waals surface area (Å²) in [6.07, 6.45) is 1.98. The van der Waals surface area contributed by atoms with E-state index in [2.05, 4.69) is 24.3 Å². The fraction of sp³-hybridized carbons (Fsp3) is 0.571. The summed E-state index contributed by atoms with van der Waals surface area (Å²) in [4.78, 5) is 0. The van der Waals surface area contributed by atoms with Gasteiger partial charge in [0, 0.05) is 6.42 Å². The molecule has 3 atom stereocenters. The van der Waals surface area contributed by atoms with Crippen molar-refractivity contribution in [3.63, 3.8) is 0 Å². The predicted octanol–water partition coefficient (Wildman–Crippen LogP) is 2.50. The Morgan fingerprint density at radius 1 is 1.18 bits per heavy atom. The van der Waals surface area contributed by atoms with Gasteiger partial charge in [-0.1, -0.05) is 30.3 Å². The maximum Gasteiger partial charge on any atom is 0.187 e. The van der Waals surface area contributed by atoms with Crippen LogP contribution in [-0.2, 0) is 20.6 Å². The van der Waals surface area contributed by atoms with Crippen LogP contribution >= 0.6 is 0 Å².